The van der Waals surface area contributed by atoms with E-state index in [2.05, 4.69) is 4.99 Å². The van der Waals surface area contributed by atoms with Gasteiger partial charge in [-0.15, -0.1) is 4.99 Å². The summed E-state index contributed by atoms with van der Waals surface area (Å²) in [4.78, 5) is 7.78. The molecule has 2 aromatic carbocycles. The minimum absolute atomic E-state index is 0.627. The van der Waals surface area contributed by atoms with Gasteiger partial charge in [-0.2, -0.15) is 5.26 Å². The van der Waals surface area contributed by atoms with Gasteiger partial charge in [0, 0.05) is 22.5 Å². The fraction of sp³-hybridized carbons (Fsp3) is 0.125. The lowest BCUT2D eigenvalue weighted by atomic mass is 10.3. The predicted molar refractivity (Wildman–Crippen MR) is 97.0 cm³/mol. The number of anilines is 1. The van der Waals surface area contributed by atoms with E-state index in [1.807, 2.05) is 72.9 Å². The van der Waals surface area contributed by atoms with Gasteiger partial charge in [-0.05, 0) is 36.6 Å². The van der Waals surface area contributed by atoms with Crippen molar-refractivity contribution < 1.29 is 0 Å². The maximum absolute atomic E-state index is 8.72. The number of hydrogen-bond acceptors (Lipinski definition) is 4. The molecular formula is C16H14ClN3S2. The molecular weight excluding hydrogens is 334 g/mol. The summed E-state index contributed by atoms with van der Waals surface area (Å²) in [6, 6.07) is 15.9. The number of nitriles is 1. The second-order valence-electron chi connectivity index (χ2n) is 4.29. The zero-order chi connectivity index (χ0) is 15.9. The molecule has 0 amide bonds. The van der Waals surface area contributed by atoms with Crippen molar-refractivity contribution in [2.75, 3.05) is 18.2 Å². The molecule has 0 aliphatic carbocycles. The Balaban J connectivity index is 2.23. The Hall–Kier alpha value is -1.61. The van der Waals surface area contributed by atoms with E-state index in [1.165, 1.54) is 11.8 Å². The van der Waals surface area contributed by atoms with Crippen LogP contribution >= 0.6 is 35.1 Å². The zero-order valence-corrected chi connectivity index (χ0v) is 14.5. The maximum atomic E-state index is 8.72. The van der Waals surface area contributed by atoms with E-state index < -0.39 is 0 Å². The molecule has 22 heavy (non-hydrogen) atoms. The van der Waals surface area contributed by atoms with Crippen LogP contribution in [-0.4, -0.2) is 18.5 Å². The van der Waals surface area contributed by atoms with Crippen LogP contribution in [0.15, 0.2) is 63.3 Å². The van der Waals surface area contributed by atoms with Gasteiger partial charge < -0.3 is 4.90 Å². The molecule has 0 aromatic heterocycles. The molecule has 2 rings (SSSR count). The van der Waals surface area contributed by atoms with Gasteiger partial charge in [0.1, 0.15) is 0 Å². The number of nitrogens with zero attached hydrogens (tertiary/aromatic N) is 3. The van der Waals surface area contributed by atoms with Crippen molar-refractivity contribution in [1.82, 2.24) is 0 Å². The number of benzene rings is 2. The topological polar surface area (TPSA) is 39.4 Å². The third-order valence-electron chi connectivity index (χ3n) is 2.89. The zero-order valence-electron chi connectivity index (χ0n) is 12.2. The Kier molecular flexibility index (Phi) is 6.20. The van der Waals surface area contributed by atoms with Crippen LogP contribution < -0.4 is 4.90 Å². The molecule has 0 N–H and O–H groups in total. The molecule has 0 bridgehead atoms. The van der Waals surface area contributed by atoms with Crippen molar-refractivity contribution in [3.8, 4) is 6.19 Å². The first kappa shape index (κ1) is 16.8. The van der Waals surface area contributed by atoms with Crippen molar-refractivity contribution in [3.63, 3.8) is 0 Å². The molecule has 0 fully saturated rings. The van der Waals surface area contributed by atoms with E-state index >= 15 is 0 Å². The van der Waals surface area contributed by atoms with Gasteiger partial charge in [-0.25, -0.2) is 0 Å². The number of amidine groups is 1. The number of thioether (sulfide) groups is 1. The smallest absolute Gasteiger partial charge is 0.208 e. The highest BCUT2D eigenvalue weighted by molar-refractivity contribution is 8.13. The highest BCUT2D eigenvalue weighted by atomic mass is 35.5. The molecule has 0 atom stereocenters. The lowest BCUT2D eigenvalue weighted by molar-refractivity contribution is 1.26. The Morgan fingerprint density at radius 1 is 1.23 bits per heavy atom. The van der Waals surface area contributed by atoms with Crippen LogP contribution in [0.2, 0.25) is 5.02 Å². The molecule has 0 aliphatic heterocycles. The summed E-state index contributed by atoms with van der Waals surface area (Å²) in [5, 5.41) is 10.0. The molecule has 0 radical (unpaired) electrons. The summed E-state index contributed by atoms with van der Waals surface area (Å²) in [7, 11) is 1.86. The lowest BCUT2D eigenvalue weighted by Gasteiger charge is -2.19. The standard InChI is InChI=1S/C16H14ClN3S2/c1-20(16(21-2)19-11-18)12-8-9-15(14(17)10-12)22-13-6-4-3-5-7-13/h3-10H,1-2H3. The molecule has 0 spiro atoms. The van der Waals surface area contributed by atoms with Crippen molar-refractivity contribution >= 4 is 46.0 Å². The van der Waals surface area contributed by atoms with Gasteiger partial charge >= 0.3 is 0 Å². The third-order valence-corrected chi connectivity index (χ3v) is 5.13. The monoisotopic (exact) mass is 347 g/mol. The summed E-state index contributed by atoms with van der Waals surface area (Å²) in [6.45, 7) is 0. The minimum atomic E-state index is 0.627. The Morgan fingerprint density at radius 2 is 1.95 bits per heavy atom. The first-order valence-electron chi connectivity index (χ1n) is 6.42. The van der Waals surface area contributed by atoms with Crippen molar-refractivity contribution in [3.05, 3.63) is 53.6 Å². The summed E-state index contributed by atoms with van der Waals surface area (Å²) >= 11 is 9.43. The van der Waals surface area contributed by atoms with Crippen LogP contribution in [0.3, 0.4) is 0 Å². The molecule has 0 saturated carbocycles. The first-order chi connectivity index (χ1) is 10.7. The fourth-order valence-electron chi connectivity index (χ4n) is 1.81. The molecule has 112 valence electrons. The average molecular weight is 348 g/mol. The predicted octanol–water partition coefficient (Wildman–Crippen LogP) is 5.13. The molecule has 2 aromatic rings. The number of hydrogen-bond donors (Lipinski definition) is 0. The Morgan fingerprint density at radius 3 is 2.55 bits per heavy atom. The Bertz CT molecular complexity index is 711. The van der Waals surface area contributed by atoms with E-state index in [9.17, 15) is 0 Å². The largest absolute Gasteiger partial charge is 0.323 e. The number of halogens is 1. The second kappa shape index (κ2) is 8.14. The molecule has 6 heteroatoms. The summed E-state index contributed by atoms with van der Waals surface area (Å²) in [5.41, 5.74) is 0.894. The highest BCUT2D eigenvalue weighted by Gasteiger charge is 2.11. The van der Waals surface area contributed by atoms with Crippen LogP contribution in [0.1, 0.15) is 0 Å². The molecule has 0 saturated heterocycles. The SMILES string of the molecule is CSC(=NC#N)N(C)c1ccc(Sc2ccccc2)c(Cl)c1. The van der Waals surface area contributed by atoms with Crippen LogP contribution in [0.5, 0.6) is 0 Å². The molecule has 0 heterocycles. The van der Waals surface area contributed by atoms with Crippen molar-refractivity contribution in [1.29, 1.82) is 5.26 Å². The van der Waals surface area contributed by atoms with Crippen molar-refractivity contribution in [2.45, 2.75) is 9.79 Å². The van der Waals surface area contributed by atoms with Crippen LogP contribution in [0, 0.1) is 11.5 Å². The molecule has 0 aliphatic rings. The maximum Gasteiger partial charge on any atom is 0.208 e. The summed E-state index contributed by atoms with van der Waals surface area (Å²) in [5.74, 6) is 0. The van der Waals surface area contributed by atoms with E-state index in [0.29, 0.717) is 10.2 Å². The second-order valence-corrected chi connectivity index (χ2v) is 6.58. The van der Waals surface area contributed by atoms with E-state index in [0.717, 1.165) is 15.5 Å². The van der Waals surface area contributed by atoms with Crippen LogP contribution in [0.4, 0.5) is 5.69 Å². The molecule has 0 unspecified atom stereocenters. The van der Waals surface area contributed by atoms with Gasteiger partial charge in [-0.1, -0.05) is 53.3 Å². The Labute approximate surface area is 144 Å². The summed E-state index contributed by atoms with van der Waals surface area (Å²) < 4.78 is 0. The third kappa shape index (κ3) is 4.20. The molecule has 3 nitrogen and oxygen atoms in total. The quantitative estimate of drug-likeness (QED) is 0.438. The average Bonchev–Trinajstić information content (AvgIpc) is 2.55. The minimum Gasteiger partial charge on any atom is -0.323 e. The number of rotatable bonds is 3. The van der Waals surface area contributed by atoms with E-state index in [1.54, 1.807) is 11.8 Å². The van der Waals surface area contributed by atoms with Crippen LogP contribution in [0.25, 0.3) is 0 Å². The normalized spacial score (nSPS) is 11.1. The van der Waals surface area contributed by atoms with Gasteiger partial charge in [-0.3, -0.25) is 0 Å². The lowest BCUT2D eigenvalue weighted by Crippen LogP contribution is -2.23. The van der Waals surface area contributed by atoms with Gasteiger partial charge in [0.25, 0.3) is 0 Å². The summed E-state index contributed by atoms with van der Waals surface area (Å²) in [6.07, 6.45) is 3.70. The highest BCUT2D eigenvalue weighted by Crippen LogP contribution is 2.35. The van der Waals surface area contributed by atoms with E-state index in [-0.39, 0.29) is 0 Å². The first-order valence-corrected chi connectivity index (χ1v) is 8.84. The van der Waals surface area contributed by atoms with Crippen molar-refractivity contribution in [2.24, 2.45) is 4.99 Å². The van der Waals surface area contributed by atoms with Gasteiger partial charge in [0.2, 0.25) is 6.19 Å². The number of aliphatic imine (C=N–C) groups is 1. The fourth-order valence-corrected chi connectivity index (χ4v) is 3.45. The van der Waals surface area contributed by atoms with Gasteiger partial charge in [0.05, 0.1) is 5.02 Å². The van der Waals surface area contributed by atoms with Gasteiger partial charge in [0.15, 0.2) is 5.17 Å². The van der Waals surface area contributed by atoms with Crippen LogP contribution in [-0.2, 0) is 0 Å². The van der Waals surface area contributed by atoms with E-state index in [4.69, 9.17) is 16.9 Å².